The number of pyridine rings is 1. The smallest absolute Gasteiger partial charge is 0.226 e. The molecule has 0 bridgehead atoms. The number of carbonyl (C=O) groups excluding carboxylic acids is 1. The average molecular weight is 570 g/mol. The number of likely N-dealkylation sites (tertiary alicyclic amines) is 1. The molecule has 0 radical (unpaired) electrons. The number of H-pyrrole nitrogens is 2. The molecule has 0 saturated carbocycles. The molecule has 1 saturated heterocycles. The van der Waals surface area contributed by atoms with Crippen LogP contribution in [0, 0.1) is 0 Å². The van der Waals surface area contributed by atoms with Crippen LogP contribution in [0.15, 0.2) is 97.3 Å². The summed E-state index contributed by atoms with van der Waals surface area (Å²) in [5.74, 6) is 1.03. The first-order valence-corrected chi connectivity index (χ1v) is 14.5. The Labute approximate surface area is 248 Å². The minimum absolute atomic E-state index is 0.104. The zero-order valence-electron chi connectivity index (χ0n) is 23.6. The third-order valence-electron chi connectivity index (χ3n) is 8.65. The van der Waals surface area contributed by atoms with Crippen LogP contribution in [0.2, 0.25) is 0 Å². The maximum Gasteiger partial charge on any atom is 0.226 e. The summed E-state index contributed by atoms with van der Waals surface area (Å²) in [7, 11) is 0. The van der Waals surface area contributed by atoms with Gasteiger partial charge in [0.25, 0.3) is 0 Å². The van der Waals surface area contributed by atoms with E-state index in [-0.39, 0.29) is 17.1 Å². The quantitative estimate of drug-likeness (QED) is 0.235. The number of phenolic OH excluding ortho intramolecular Hbond substituents is 1. The van der Waals surface area contributed by atoms with Gasteiger partial charge >= 0.3 is 0 Å². The first-order chi connectivity index (χ1) is 21.1. The van der Waals surface area contributed by atoms with Crippen molar-refractivity contribution in [3.8, 4) is 28.1 Å². The summed E-state index contributed by atoms with van der Waals surface area (Å²) < 4.78 is 0. The third-order valence-corrected chi connectivity index (χ3v) is 8.65. The molecule has 3 aromatic heterocycles. The molecule has 214 valence electrons. The second kappa shape index (κ2) is 11.2. The van der Waals surface area contributed by atoms with Crippen LogP contribution in [-0.2, 0) is 23.1 Å². The second-order valence-electron chi connectivity index (χ2n) is 11.3. The molecule has 43 heavy (non-hydrogen) atoms. The molecule has 0 unspecified atom stereocenters. The molecule has 9 heteroatoms. The van der Waals surface area contributed by atoms with Gasteiger partial charge in [-0.25, -0.2) is 0 Å². The van der Waals surface area contributed by atoms with E-state index in [4.69, 9.17) is 0 Å². The van der Waals surface area contributed by atoms with Gasteiger partial charge < -0.3 is 15.0 Å². The third kappa shape index (κ3) is 5.25. The van der Waals surface area contributed by atoms with Gasteiger partial charge in [0.2, 0.25) is 5.91 Å². The Kier molecular flexibility index (Phi) is 6.90. The number of hydrogen-bond donors (Lipinski definition) is 3. The van der Waals surface area contributed by atoms with Crippen LogP contribution in [0.25, 0.3) is 33.3 Å². The average Bonchev–Trinajstić information content (AvgIpc) is 3.74. The Morgan fingerprint density at radius 3 is 2.44 bits per heavy atom. The number of fused-ring (bicyclic) bond motifs is 1. The number of aromatic amines is 2. The van der Waals surface area contributed by atoms with E-state index in [1.807, 2.05) is 77.7 Å². The number of carbonyl (C=O) groups is 1. The molecule has 4 heterocycles. The van der Waals surface area contributed by atoms with Crippen molar-refractivity contribution in [2.45, 2.75) is 31.1 Å². The number of rotatable bonds is 7. The van der Waals surface area contributed by atoms with Crippen LogP contribution in [0.3, 0.4) is 0 Å². The highest BCUT2D eigenvalue weighted by Crippen LogP contribution is 2.39. The topological polar surface area (TPSA) is 124 Å². The zero-order valence-corrected chi connectivity index (χ0v) is 23.6. The van der Waals surface area contributed by atoms with Crippen molar-refractivity contribution in [2.75, 3.05) is 13.1 Å². The number of phenols is 1. The van der Waals surface area contributed by atoms with E-state index in [1.54, 1.807) is 12.4 Å². The maximum absolute atomic E-state index is 13.3. The molecular weight excluding hydrogens is 538 g/mol. The number of nitrogens with one attached hydrogen (secondary N) is 2. The van der Waals surface area contributed by atoms with Gasteiger partial charge in [-0.2, -0.15) is 5.21 Å². The molecule has 1 amide bonds. The van der Waals surface area contributed by atoms with Gasteiger partial charge in [0.15, 0.2) is 5.82 Å². The van der Waals surface area contributed by atoms with Crippen molar-refractivity contribution in [1.29, 1.82) is 0 Å². The molecule has 1 fully saturated rings. The number of para-hydroxylation sites is 1. The van der Waals surface area contributed by atoms with Crippen LogP contribution in [-0.4, -0.2) is 59.6 Å². The van der Waals surface area contributed by atoms with Gasteiger partial charge in [-0.1, -0.05) is 71.9 Å². The Balaban J connectivity index is 1.03. The van der Waals surface area contributed by atoms with Crippen LogP contribution in [0.5, 0.6) is 5.75 Å². The molecule has 0 aliphatic carbocycles. The van der Waals surface area contributed by atoms with E-state index in [0.717, 1.165) is 58.1 Å². The molecule has 9 nitrogen and oxygen atoms in total. The molecular formula is C34H31N7O2. The van der Waals surface area contributed by atoms with Crippen molar-refractivity contribution in [3.63, 3.8) is 0 Å². The summed E-state index contributed by atoms with van der Waals surface area (Å²) in [5, 5.41) is 27.4. The minimum atomic E-state index is -0.257. The molecule has 1 aliphatic rings. The SMILES string of the molecule is O=C(Cc1ccc(-c2cccc(-c3cc4ccncc4[nH]3)c2O)cc1)N1CCC(Cc2ccccc2)(c2nn[nH]n2)CC1. The van der Waals surface area contributed by atoms with E-state index in [2.05, 4.69) is 42.7 Å². The summed E-state index contributed by atoms with van der Waals surface area (Å²) in [4.78, 5) is 22.8. The lowest BCUT2D eigenvalue weighted by Crippen LogP contribution is -2.47. The summed E-state index contributed by atoms with van der Waals surface area (Å²) in [6.45, 7) is 1.28. The molecule has 0 atom stereocenters. The number of tetrazole rings is 1. The molecule has 6 aromatic rings. The fourth-order valence-electron chi connectivity index (χ4n) is 6.24. The second-order valence-corrected chi connectivity index (χ2v) is 11.3. The molecule has 3 N–H and O–H groups in total. The first-order valence-electron chi connectivity index (χ1n) is 14.5. The largest absolute Gasteiger partial charge is 0.507 e. The minimum Gasteiger partial charge on any atom is -0.507 e. The van der Waals surface area contributed by atoms with E-state index in [1.165, 1.54) is 5.56 Å². The Bertz CT molecular complexity index is 1820. The molecule has 7 rings (SSSR count). The standard InChI is InChI=1S/C34H31N7O2/c42-31(41-17-14-34(15-18-41,33-37-39-40-38-33)21-24-5-2-1-3-6-24)19-23-9-11-25(12-10-23)27-7-4-8-28(32(27)43)29-20-26-13-16-35-22-30(26)36-29/h1-13,16,20,22,36,43H,14-15,17-19,21H2,(H,37,38,39,40). The number of nitrogens with zero attached hydrogens (tertiary/aromatic N) is 5. The van der Waals surface area contributed by atoms with Gasteiger partial charge in [-0.15, -0.1) is 10.2 Å². The van der Waals surface area contributed by atoms with Crippen molar-refractivity contribution in [1.82, 2.24) is 35.5 Å². The van der Waals surface area contributed by atoms with Crippen LogP contribution in [0.4, 0.5) is 0 Å². The van der Waals surface area contributed by atoms with Crippen LogP contribution >= 0.6 is 0 Å². The summed E-state index contributed by atoms with van der Waals surface area (Å²) in [6.07, 6.45) is 6.21. The van der Waals surface area contributed by atoms with Crippen molar-refractivity contribution in [3.05, 3.63) is 114 Å². The van der Waals surface area contributed by atoms with Crippen molar-refractivity contribution in [2.24, 2.45) is 0 Å². The number of amides is 1. The van der Waals surface area contributed by atoms with Crippen LogP contribution in [0.1, 0.15) is 29.8 Å². The predicted octanol–water partition coefficient (Wildman–Crippen LogP) is 5.46. The molecule has 3 aromatic carbocycles. The lowest BCUT2D eigenvalue weighted by atomic mass is 9.73. The Morgan fingerprint density at radius 2 is 1.70 bits per heavy atom. The van der Waals surface area contributed by atoms with Gasteiger partial charge in [0.1, 0.15) is 5.75 Å². The highest BCUT2D eigenvalue weighted by molar-refractivity contribution is 5.89. The van der Waals surface area contributed by atoms with E-state index < -0.39 is 0 Å². The van der Waals surface area contributed by atoms with Gasteiger partial charge in [-0.05, 0) is 54.2 Å². The monoisotopic (exact) mass is 569 g/mol. The van der Waals surface area contributed by atoms with E-state index in [0.29, 0.717) is 25.3 Å². The fraction of sp³-hybridized carbons (Fsp3) is 0.206. The van der Waals surface area contributed by atoms with Crippen molar-refractivity contribution >= 4 is 16.8 Å². The normalized spacial score (nSPS) is 14.7. The predicted molar refractivity (Wildman–Crippen MR) is 164 cm³/mol. The first kappa shape index (κ1) is 26.6. The Morgan fingerprint density at radius 1 is 0.907 bits per heavy atom. The zero-order chi connectivity index (χ0) is 29.2. The fourth-order valence-corrected chi connectivity index (χ4v) is 6.24. The lowest BCUT2D eigenvalue weighted by Gasteiger charge is -2.40. The van der Waals surface area contributed by atoms with Crippen LogP contribution < -0.4 is 0 Å². The van der Waals surface area contributed by atoms with Crippen molar-refractivity contribution < 1.29 is 9.90 Å². The summed E-state index contributed by atoms with van der Waals surface area (Å²) >= 11 is 0. The highest BCUT2D eigenvalue weighted by atomic mass is 16.3. The van der Waals surface area contributed by atoms with Gasteiger partial charge in [0, 0.05) is 41.2 Å². The molecule has 0 spiro atoms. The number of hydrogen-bond acceptors (Lipinski definition) is 6. The highest BCUT2D eigenvalue weighted by Gasteiger charge is 2.40. The van der Waals surface area contributed by atoms with E-state index in [9.17, 15) is 9.90 Å². The Hall–Kier alpha value is -5.31. The van der Waals surface area contributed by atoms with Gasteiger partial charge in [0.05, 0.1) is 23.8 Å². The van der Waals surface area contributed by atoms with E-state index >= 15 is 0 Å². The number of aromatic nitrogens is 6. The summed E-state index contributed by atoms with van der Waals surface area (Å²) in [6, 6.07) is 27.9. The number of piperidine rings is 1. The molecule has 1 aliphatic heterocycles. The van der Waals surface area contributed by atoms with Gasteiger partial charge in [-0.3, -0.25) is 9.78 Å². The maximum atomic E-state index is 13.3. The summed E-state index contributed by atoms with van der Waals surface area (Å²) in [5.41, 5.74) is 6.00. The number of benzene rings is 3. The lowest BCUT2D eigenvalue weighted by molar-refractivity contribution is -0.132. The number of aromatic hydroxyl groups is 1.